The maximum atomic E-state index is 12.2. The highest BCUT2D eigenvalue weighted by Crippen LogP contribution is 2.30. The van der Waals surface area contributed by atoms with Gasteiger partial charge in [0.05, 0.1) is 0 Å². The van der Waals surface area contributed by atoms with E-state index in [1.807, 2.05) is 11.0 Å². The Morgan fingerprint density at radius 2 is 2.38 bits per heavy atom. The zero-order chi connectivity index (χ0) is 11.5. The monoisotopic (exact) mass is 284 g/mol. The fourth-order valence-corrected chi connectivity index (χ4v) is 2.16. The largest absolute Gasteiger partial charge is 0.356 e. The molecule has 1 amide bonds. The first-order valence-electron chi connectivity index (χ1n) is 5.84. The second-order valence-corrected chi connectivity index (χ2v) is 5.34. The van der Waals surface area contributed by atoms with Crippen molar-refractivity contribution in [3.8, 4) is 0 Å². The van der Waals surface area contributed by atoms with Gasteiger partial charge in [-0.25, -0.2) is 0 Å². The van der Waals surface area contributed by atoms with Gasteiger partial charge >= 0.3 is 0 Å². The second kappa shape index (κ2) is 5.04. The summed E-state index contributed by atoms with van der Waals surface area (Å²) in [6, 6.07) is 1.85. The van der Waals surface area contributed by atoms with Crippen LogP contribution in [0.1, 0.15) is 36.7 Å². The maximum Gasteiger partial charge on any atom is 0.270 e. The molecule has 4 heteroatoms. The van der Waals surface area contributed by atoms with E-state index < -0.39 is 0 Å². The molecule has 0 bridgehead atoms. The van der Waals surface area contributed by atoms with Crippen LogP contribution < -0.4 is 0 Å². The van der Waals surface area contributed by atoms with Gasteiger partial charge in [0.15, 0.2) is 0 Å². The Morgan fingerprint density at radius 1 is 1.62 bits per heavy atom. The first-order valence-corrected chi connectivity index (χ1v) is 6.63. The number of halogens is 1. The topological polar surface area (TPSA) is 36.1 Å². The highest BCUT2D eigenvalue weighted by atomic mass is 79.9. The fourth-order valence-electron chi connectivity index (χ4n) is 1.82. The number of H-pyrrole nitrogens is 1. The first-order chi connectivity index (χ1) is 7.70. The van der Waals surface area contributed by atoms with Gasteiger partial charge in [0.25, 0.3) is 5.91 Å². The van der Waals surface area contributed by atoms with Crippen molar-refractivity contribution in [2.45, 2.75) is 26.2 Å². The predicted octanol–water partition coefficient (Wildman–Crippen LogP) is 3.04. The molecule has 88 valence electrons. The zero-order valence-electron chi connectivity index (χ0n) is 9.50. The molecule has 0 aliphatic heterocycles. The van der Waals surface area contributed by atoms with Crippen molar-refractivity contribution in [3.05, 3.63) is 22.4 Å². The van der Waals surface area contributed by atoms with Crippen molar-refractivity contribution in [1.29, 1.82) is 0 Å². The molecule has 3 nitrogen and oxygen atoms in total. The molecule has 0 saturated heterocycles. The first kappa shape index (κ1) is 11.7. The standard InChI is InChI=1S/C12H17BrN2O/c1-2-5-15(8-9-3-4-9)12(16)11-6-10(13)7-14-11/h6-7,9,14H,2-5,8H2,1H3. The van der Waals surface area contributed by atoms with Crippen molar-refractivity contribution in [2.75, 3.05) is 13.1 Å². The maximum absolute atomic E-state index is 12.2. The summed E-state index contributed by atoms with van der Waals surface area (Å²) in [5.41, 5.74) is 0.681. The van der Waals surface area contributed by atoms with E-state index >= 15 is 0 Å². The van der Waals surface area contributed by atoms with Gasteiger partial charge in [-0.15, -0.1) is 0 Å². The van der Waals surface area contributed by atoms with Gasteiger partial charge in [0, 0.05) is 23.8 Å². The molecule has 1 N–H and O–H groups in total. The van der Waals surface area contributed by atoms with E-state index in [4.69, 9.17) is 0 Å². The summed E-state index contributed by atoms with van der Waals surface area (Å²) in [5, 5.41) is 0. The average molecular weight is 285 g/mol. The molecular formula is C12H17BrN2O. The molecule has 1 aromatic heterocycles. The van der Waals surface area contributed by atoms with Crippen LogP contribution in [0.2, 0.25) is 0 Å². The van der Waals surface area contributed by atoms with E-state index in [-0.39, 0.29) is 5.91 Å². The van der Waals surface area contributed by atoms with E-state index in [2.05, 4.69) is 27.8 Å². The van der Waals surface area contributed by atoms with E-state index in [9.17, 15) is 4.79 Å². The minimum absolute atomic E-state index is 0.124. The molecule has 1 fully saturated rings. The summed E-state index contributed by atoms with van der Waals surface area (Å²) in [4.78, 5) is 17.2. The van der Waals surface area contributed by atoms with Gasteiger partial charge in [-0.3, -0.25) is 4.79 Å². The lowest BCUT2D eigenvalue weighted by atomic mass is 10.3. The van der Waals surface area contributed by atoms with Crippen LogP contribution in [0.4, 0.5) is 0 Å². The van der Waals surface area contributed by atoms with Crippen LogP contribution in [0.5, 0.6) is 0 Å². The normalized spacial score (nSPS) is 15.1. The molecular weight excluding hydrogens is 268 g/mol. The van der Waals surface area contributed by atoms with Gasteiger partial charge in [0.2, 0.25) is 0 Å². The van der Waals surface area contributed by atoms with E-state index in [1.165, 1.54) is 12.8 Å². The molecule has 0 atom stereocenters. The highest BCUT2D eigenvalue weighted by Gasteiger charge is 2.27. The molecule has 2 rings (SSSR count). The lowest BCUT2D eigenvalue weighted by molar-refractivity contribution is 0.0742. The quantitative estimate of drug-likeness (QED) is 0.887. The third-order valence-corrected chi connectivity index (χ3v) is 3.29. The van der Waals surface area contributed by atoms with Crippen LogP contribution in [-0.2, 0) is 0 Å². The number of carbonyl (C=O) groups excluding carboxylic acids is 1. The average Bonchev–Trinajstić information content (AvgIpc) is 2.97. The van der Waals surface area contributed by atoms with Gasteiger partial charge in [0.1, 0.15) is 5.69 Å². The Bertz CT molecular complexity index is 371. The van der Waals surface area contributed by atoms with Crippen LogP contribution >= 0.6 is 15.9 Å². The number of carbonyl (C=O) groups is 1. The zero-order valence-corrected chi connectivity index (χ0v) is 11.1. The minimum atomic E-state index is 0.124. The lowest BCUT2D eigenvalue weighted by Gasteiger charge is -2.21. The number of nitrogens with one attached hydrogen (secondary N) is 1. The number of amides is 1. The van der Waals surface area contributed by atoms with Crippen molar-refractivity contribution < 1.29 is 4.79 Å². The fraction of sp³-hybridized carbons (Fsp3) is 0.583. The van der Waals surface area contributed by atoms with Crippen LogP contribution in [-0.4, -0.2) is 28.9 Å². The summed E-state index contributed by atoms with van der Waals surface area (Å²) < 4.78 is 0.929. The minimum Gasteiger partial charge on any atom is -0.356 e. The third kappa shape index (κ3) is 2.88. The van der Waals surface area contributed by atoms with E-state index in [1.54, 1.807) is 6.20 Å². The Hall–Kier alpha value is -0.770. The molecule has 0 unspecified atom stereocenters. The van der Waals surface area contributed by atoms with Gasteiger partial charge in [-0.05, 0) is 47.2 Å². The Balaban J connectivity index is 2.02. The van der Waals surface area contributed by atoms with Gasteiger partial charge in [-0.1, -0.05) is 6.92 Å². The number of aromatic nitrogens is 1. The van der Waals surface area contributed by atoms with E-state index in [0.29, 0.717) is 5.69 Å². The summed E-state index contributed by atoms with van der Waals surface area (Å²) in [5.74, 6) is 0.869. The van der Waals surface area contributed by atoms with Crippen LogP contribution in [0.25, 0.3) is 0 Å². The Morgan fingerprint density at radius 3 is 2.88 bits per heavy atom. The lowest BCUT2D eigenvalue weighted by Crippen LogP contribution is -2.33. The van der Waals surface area contributed by atoms with Crippen LogP contribution in [0.15, 0.2) is 16.7 Å². The molecule has 1 aliphatic carbocycles. The molecule has 0 radical (unpaired) electrons. The molecule has 1 aliphatic rings. The molecule has 1 heterocycles. The van der Waals surface area contributed by atoms with Gasteiger partial charge < -0.3 is 9.88 Å². The van der Waals surface area contributed by atoms with Gasteiger partial charge in [-0.2, -0.15) is 0 Å². The Labute approximate surface area is 104 Å². The smallest absolute Gasteiger partial charge is 0.270 e. The number of hydrogen-bond donors (Lipinski definition) is 1. The summed E-state index contributed by atoms with van der Waals surface area (Å²) in [7, 11) is 0. The van der Waals surface area contributed by atoms with Crippen molar-refractivity contribution >= 4 is 21.8 Å². The SMILES string of the molecule is CCCN(CC1CC1)C(=O)c1cc(Br)c[nH]1. The van der Waals surface area contributed by atoms with Crippen LogP contribution in [0, 0.1) is 5.92 Å². The number of nitrogens with zero attached hydrogens (tertiary/aromatic N) is 1. The molecule has 0 aromatic carbocycles. The van der Waals surface area contributed by atoms with Crippen LogP contribution in [0.3, 0.4) is 0 Å². The highest BCUT2D eigenvalue weighted by molar-refractivity contribution is 9.10. The number of hydrogen-bond acceptors (Lipinski definition) is 1. The van der Waals surface area contributed by atoms with E-state index in [0.717, 1.165) is 29.9 Å². The molecule has 0 spiro atoms. The summed E-state index contributed by atoms with van der Waals surface area (Å²) in [6.07, 6.45) is 5.37. The molecule has 1 aromatic rings. The summed E-state index contributed by atoms with van der Waals surface area (Å²) in [6.45, 7) is 3.88. The molecule has 1 saturated carbocycles. The molecule has 16 heavy (non-hydrogen) atoms. The predicted molar refractivity (Wildman–Crippen MR) is 67.4 cm³/mol. The third-order valence-electron chi connectivity index (χ3n) is 2.83. The number of rotatable bonds is 5. The second-order valence-electron chi connectivity index (χ2n) is 4.43. The summed E-state index contributed by atoms with van der Waals surface area (Å²) >= 11 is 3.35. The van der Waals surface area contributed by atoms with Crippen molar-refractivity contribution in [1.82, 2.24) is 9.88 Å². The van der Waals surface area contributed by atoms with Crippen molar-refractivity contribution in [3.63, 3.8) is 0 Å². The Kier molecular flexibility index (Phi) is 3.69. The number of aromatic amines is 1. The van der Waals surface area contributed by atoms with Crippen molar-refractivity contribution in [2.24, 2.45) is 5.92 Å².